The monoisotopic (exact) mass is 386 g/mol. The van der Waals surface area contributed by atoms with E-state index in [-0.39, 0.29) is 10.6 Å². The van der Waals surface area contributed by atoms with Crippen molar-refractivity contribution in [2.75, 3.05) is 0 Å². The van der Waals surface area contributed by atoms with Gasteiger partial charge in [-0.25, -0.2) is 9.97 Å². The van der Waals surface area contributed by atoms with E-state index in [0.717, 1.165) is 46.5 Å². The number of hydrogen-bond donors (Lipinski definition) is 0. The lowest BCUT2D eigenvalue weighted by atomic mass is 10.0. The zero-order chi connectivity index (χ0) is 20.4. The van der Waals surface area contributed by atoms with Gasteiger partial charge in [-0.1, -0.05) is 43.3 Å². The minimum Gasteiger partial charge on any atom is -0.308 e. The molecule has 0 fully saturated rings. The molecule has 0 amide bonds. The second kappa shape index (κ2) is 7.83. The number of pyridine rings is 1. The van der Waals surface area contributed by atoms with Crippen LogP contribution in [-0.4, -0.2) is 19.5 Å². The first-order chi connectivity index (χ1) is 14.1. The van der Waals surface area contributed by atoms with Crippen LogP contribution >= 0.6 is 0 Å². The molecule has 4 rings (SSSR count). The maximum absolute atomic E-state index is 11.3. The quantitative estimate of drug-likeness (QED) is 0.332. The van der Waals surface area contributed by atoms with Gasteiger partial charge in [-0.3, -0.25) is 10.1 Å². The molecule has 146 valence electrons. The van der Waals surface area contributed by atoms with E-state index >= 15 is 0 Å². The Morgan fingerprint density at radius 1 is 1.07 bits per heavy atom. The van der Waals surface area contributed by atoms with Crippen molar-refractivity contribution in [3.63, 3.8) is 0 Å². The van der Waals surface area contributed by atoms with Crippen LogP contribution in [0.5, 0.6) is 0 Å². The van der Waals surface area contributed by atoms with E-state index < -0.39 is 0 Å². The van der Waals surface area contributed by atoms with Crippen molar-refractivity contribution < 1.29 is 4.92 Å². The van der Waals surface area contributed by atoms with Gasteiger partial charge in [0, 0.05) is 18.7 Å². The first-order valence-electron chi connectivity index (χ1n) is 9.72. The molecular formula is C23H22N4O2. The molecule has 2 heterocycles. The third kappa shape index (κ3) is 3.61. The molecule has 0 radical (unpaired) electrons. The van der Waals surface area contributed by atoms with Crippen LogP contribution in [0.25, 0.3) is 22.3 Å². The molecule has 29 heavy (non-hydrogen) atoms. The Morgan fingerprint density at radius 3 is 2.55 bits per heavy atom. The molecule has 0 unspecified atom stereocenters. The van der Waals surface area contributed by atoms with E-state index in [1.807, 2.05) is 42.6 Å². The van der Waals surface area contributed by atoms with Gasteiger partial charge in [0.25, 0.3) is 5.69 Å². The molecule has 2 aromatic carbocycles. The van der Waals surface area contributed by atoms with Crippen LogP contribution in [0.4, 0.5) is 5.69 Å². The van der Waals surface area contributed by atoms with Crippen molar-refractivity contribution in [1.82, 2.24) is 14.5 Å². The lowest BCUT2D eigenvalue weighted by molar-refractivity contribution is -0.384. The average Bonchev–Trinajstić information content (AvgIpc) is 3.07. The summed E-state index contributed by atoms with van der Waals surface area (Å²) in [4.78, 5) is 20.4. The topological polar surface area (TPSA) is 73.8 Å². The Balaban J connectivity index is 1.69. The Hall–Kier alpha value is -3.54. The van der Waals surface area contributed by atoms with Crippen LogP contribution in [0.3, 0.4) is 0 Å². The molecule has 0 saturated heterocycles. The van der Waals surface area contributed by atoms with Crippen LogP contribution in [0.1, 0.15) is 30.3 Å². The lowest BCUT2D eigenvalue weighted by Crippen LogP contribution is -2.06. The zero-order valence-electron chi connectivity index (χ0n) is 16.5. The summed E-state index contributed by atoms with van der Waals surface area (Å²) >= 11 is 0. The summed E-state index contributed by atoms with van der Waals surface area (Å²) in [6, 6.07) is 16.7. The third-order valence-corrected chi connectivity index (χ3v) is 5.09. The van der Waals surface area contributed by atoms with Crippen molar-refractivity contribution in [1.29, 1.82) is 0 Å². The van der Waals surface area contributed by atoms with Crippen molar-refractivity contribution in [3.8, 4) is 11.1 Å². The van der Waals surface area contributed by atoms with Gasteiger partial charge in [-0.2, -0.15) is 0 Å². The first kappa shape index (κ1) is 18.8. The van der Waals surface area contributed by atoms with Gasteiger partial charge < -0.3 is 4.57 Å². The second-order valence-electron chi connectivity index (χ2n) is 7.14. The predicted molar refractivity (Wildman–Crippen MR) is 114 cm³/mol. The maximum Gasteiger partial charge on any atom is 0.277 e. The Bertz CT molecular complexity index is 1180. The molecule has 2 aromatic heterocycles. The molecule has 0 spiro atoms. The lowest BCUT2D eigenvalue weighted by Gasteiger charge is -2.10. The Morgan fingerprint density at radius 2 is 1.83 bits per heavy atom. The van der Waals surface area contributed by atoms with Crippen LogP contribution in [0.2, 0.25) is 0 Å². The molecule has 0 aliphatic carbocycles. The van der Waals surface area contributed by atoms with Gasteiger partial charge in [-0.05, 0) is 42.2 Å². The van der Waals surface area contributed by atoms with Crippen molar-refractivity contribution in [2.24, 2.45) is 0 Å². The number of nitro groups is 1. The summed E-state index contributed by atoms with van der Waals surface area (Å²) in [5.41, 5.74) is 5.65. The molecule has 0 bridgehead atoms. The normalized spacial score (nSPS) is 11.1. The number of para-hydroxylation sites is 1. The summed E-state index contributed by atoms with van der Waals surface area (Å²) < 4.78 is 2.17. The number of rotatable bonds is 6. The van der Waals surface area contributed by atoms with E-state index in [0.29, 0.717) is 12.1 Å². The zero-order valence-corrected chi connectivity index (χ0v) is 16.5. The van der Waals surface area contributed by atoms with E-state index in [1.165, 1.54) is 6.07 Å². The summed E-state index contributed by atoms with van der Waals surface area (Å²) in [5.74, 6) is 1.03. The highest BCUT2D eigenvalue weighted by Gasteiger charge is 2.15. The predicted octanol–water partition coefficient (Wildman–Crippen LogP) is 5.32. The molecule has 0 atom stereocenters. The highest BCUT2D eigenvalue weighted by molar-refractivity contribution is 5.76. The van der Waals surface area contributed by atoms with Gasteiger partial charge in [-0.15, -0.1) is 0 Å². The van der Waals surface area contributed by atoms with Crippen LogP contribution in [-0.2, 0) is 13.0 Å². The largest absolute Gasteiger partial charge is 0.308 e. The number of imidazole rings is 1. The summed E-state index contributed by atoms with van der Waals surface area (Å²) in [6.45, 7) is 4.86. The minimum atomic E-state index is -0.341. The minimum absolute atomic E-state index is 0.116. The molecule has 6 nitrogen and oxygen atoms in total. The van der Waals surface area contributed by atoms with E-state index in [2.05, 4.69) is 23.4 Å². The fourth-order valence-corrected chi connectivity index (χ4v) is 3.61. The fourth-order valence-electron chi connectivity index (χ4n) is 3.61. The third-order valence-electron chi connectivity index (χ3n) is 5.09. The van der Waals surface area contributed by atoms with Gasteiger partial charge in [0.05, 0.1) is 17.0 Å². The maximum atomic E-state index is 11.3. The summed E-state index contributed by atoms with van der Waals surface area (Å²) in [6.07, 6.45) is 3.73. The number of fused-ring (bicyclic) bond motifs is 1. The summed E-state index contributed by atoms with van der Waals surface area (Å²) in [5, 5.41) is 11.3. The highest BCUT2D eigenvalue weighted by Crippen LogP contribution is 2.30. The van der Waals surface area contributed by atoms with Gasteiger partial charge in [0.15, 0.2) is 5.65 Å². The van der Waals surface area contributed by atoms with Gasteiger partial charge >= 0.3 is 0 Å². The SMILES string of the molecule is CCCc1nc2c(C)ccnc2n1Cc1ccc(-c2ccccc2[N+](=O)[O-])cc1. The van der Waals surface area contributed by atoms with Gasteiger partial charge in [0.1, 0.15) is 11.3 Å². The van der Waals surface area contributed by atoms with Crippen molar-refractivity contribution in [3.05, 3.63) is 87.9 Å². The van der Waals surface area contributed by atoms with Crippen molar-refractivity contribution in [2.45, 2.75) is 33.2 Å². The molecule has 0 aliphatic heterocycles. The number of hydrogen-bond acceptors (Lipinski definition) is 4. The number of benzene rings is 2. The molecule has 0 N–H and O–H groups in total. The average molecular weight is 386 g/mol. The number of aromatic nitrogens is 3. The number of aryl methyl sites for hydroxylation is 2. The molecular weight excluding hydrogens is 364 g/mol. The van der Waals surface area contributed by atoms with Crippen LogP contribution in [0.15, 0.2) is 60.8 Å². The molecule has 6 heteroatoms. The van der Waals surface area contributed by atoms with Crippen LogP contribution in [0, 0.1) is 17.0 Å². The van der Waals surface area contributed by atoms with Crippen LogP contribution < -0.4 is 0 Å². The molecule has 0 aliphatic rings. The Kier molecular flexibility index (Phi) is 5.08. The highest BCUT2D eigenvalue weighted by atomic mass is 16.6. The first-order valence-corrected chi connectivity index (χ1v) is 9.72. The van der Waals surface area contributed by atoms with E-state index in [4.69, 9.17) is 4.98 Å². The number of nitro benzene ring substituents is 1. The fraction of sp³-hybridized carbons (Fsp3) is 0.217. The van der Waals surface area contributed by atoms with Gasteiger partial charge in [0.2, 0.25) is 0 Å². The summed E-state index contributed by atoms with van der Waals surface area (Å²) in [7, 11) is 0. The van der Waals surface area contributed by atoms with E-state index in [1.54, 1.807) is 12.1 Å². The second-order valence-corrected chi connectivity index (χ2v) is 7.14. The number of nitrogens with zero attached hydrogens (tertiary/aromatic N) is 4. The van der Waals surface area contributed by atoms with Crippen molar-refractivity contribution >= 4 is 16.9 Å². The smallest absolute Gasteiger partial charge is 0.277 e. The standard InChI is InChI=1S/C23H22N4O2/c1-3-6-21-25-22-16(2)13-14-24-23(22)26(21)15-17-9-11-18(12-10-17)19-7-4-5-8-20(19)27(28)29/h4-5,7-14H,3,6,15H2,1-2H3. The Labute approximate surface area is 169 Å². The molecule has 4 aromatic rings. The van der Waals surface area contributed by atoms with E-state index in [9.17, 15) is 10.1 Å². The molecule has 0 saturated carbocycles.